The van der Waals surface area contributed by atoms with Crippen LogP contribution in [0.4, 0.5) is 4.39 Å². The maximum absolute atomic E-state index is 14.4. The van der Waals surface area contributed by atoms with Gasteiger partial charge in [0.15, 0.2) is 0 Å². The molecule has 0 saturated heterocycles. The maximum atomic E-state index is 14.4. The highest BCUT2D eigenvalue weighted by Crippen LogP contribution is 2.34. The first-order chi connectivity index (χ1) is 9.45. The molecular formula is C15H13BrCl2FN. The fraction of sp³-hybridized carbons (Fsp3) is 0.200. The third-order valence-corrected chi connectivity index (χ3v) is 4.71. The second kappa shape index (κ2) is 6.44. The maximum Gasteiger partial charge on any atom is 0.148 e. The first-order valence-corrected chi connectivity index (χ1v) is 7.57. The van der Waals surface area contributed by atoms with Crippen LogP contribution in [0.1, 0.15) is 22.7 Å². The third kappa shape index (κ3) is 3.01. The molecule has 0 bridgehead atoms. The summed E-state index contributed by atoms with van der Waals surface area (Å²) < 4.78 is 14.9. The van der Waals surface area contributed by atoms with Gasteiger partial charge in [-0.1, -0.05) is 35.3 Å². The van der Waals surface area contributed by atoms with Gasteiger partial charge in [0.05, 0.1) is 11.1 Å². The molecule has 2 rings (SSSR count). The summed E-state index contributed by atoms with van der Waals surface area (Å²) in [6, 6.07) is 8.73. The molecule has 0 amide bonds. The molecule has 0 heterocycles. The number of rotatable bonds is 3. The molecule has 1 N–H and O–H groups in total. The standard InChI is InChI=1S/C15H13BrCl2FN/c1-8-3-4-9(17)7-11(8)15(20-2)10-5-6-12(16)13(18)14(10)19/h3-7,15,20H,1-2H3. The Labute approximate surface area is 136 Å². The average molecular weight is 377 g/mol. The van der Waals surface area contributed by atoms with Gasteiger partial charge >= 0.3 is 0 Å². The normalized spacial score (nSPS) is 12.5. The van der Waals surface area contributed by atoms with Crippen molar-refractivity contribution in [2.75, 3.05) is 7.05 Å². The van der Waals surface area contributed by atoms with Crippen molar-refractivity contribution in [2.45, 2.75) is 13.0 Å². The van der Waals surface area contributed by atoms with Crippen molar-refractivity contribution in [3.63, 3.8) is 0 Å². The Morgan fingerprint density at radius 1 is 1.15 bits per heavy atom. The Bertz CT molecular complexity index is 646. The predicted molar refractivity (Wildman–Crippen MR) is 86.2 cm³/mol. The summed E-state index contributed by atoms with van der Waals surface area (Å²) >= 11 is 15.2. The molecule has 106 valence electrons. The van der Waals surface area contributed by atoms with Gasteiger partial charge in [-0.05, 0) is 59.2 Å². The minimum absolute atomic E-state index is 0.0856. The van der Waals surface area contributed by atoms with E-state index in [-0.39, 0.29) is 11.1 Å². The molecule has 0 aliphatic heterocycles. The van der Waals surface area contributed by atoms with Gasteiger partial charge in [0.25, 0.3) is 0 Å². The van der Waals surface area contributed by atoms with E-state index in [0.717, 1.165) is 11.1 Å². The van der Waals surface area contributed by atoms with E-state index < -0.39 is 5.82 Å². The van der Waals surface area contributed by atoms with E-state index in [1.807, 2.05) is 25.1 Å². The summed E-state index contributed by atoms with van der Waals surface area (Å²) in [5, 5.41) is 3.82. The zero-order valence-electron chi connectivity index (χ0n) is 11.0. The fourth-order valence-corrected chi connectivity index (χ4v) is 2.82. The molecule has 20 heavy (non-hydrogen) atoms. The topological polar surface area (TPSA) is 12.0 Å². The number of aryl methyl sites for hydroxylation is 1. The number of hydrogen-bond donors (Lipinski definition) is 1. The first kappa shape index (κ1) is 15.8. The molecule has 0 aliphatic carbocycles. The zero-order chi connectivity index (χ0) is 14.9. The summed E-state index contributed by atoms with van der Waals surface area (Å²) in [6.07, 6.45) is 0. The summed E-state index contributed by atoms with van der Waals surface area (Å²) in [6.45, 7) is 1.97. The van der Waals surface area contributed by atoms with Gasteiger partial charge in [-0.25, -0.2) is 4.39 Å². The summed E-state index contributed by atoms with van der Waals surface area (Å²) in [4.78, 5) is 0. The monoisotopic (exact) mass is 375 g/mol. The molecule has 2 aromatic carbocycles. The van der Waals surface area contributed by atoms with E-state index in [4.69, 9.17) is 23.2 Å². The van der Waals surface area contributed by atoms with Gasteiger partial charge in [0, 0.05) is 15.1 Å². The minimum atomic E-state index is -0.431. The SMILES string of the molecule is CNC(c1cc(Cl)ccc1C)c1ccc(Br)c(Cl)c1F. The van der Waals surface area contributed by atoms with E-state index in [9.17, 15) is 4.39 Å². The summed E-state index contributed by atoms with van der Waals surface area (Å²) in [5.74, 6) is -0.431. The van der Waals surface area contributed by atoms with Crippen molar-refractivity contribution in [1.29, 1.82) is 0 Å². The Kier molecular flexibility index (Phi) is 5.08. The number of nitrogens with one attached hydrogen (secondary N) is 1. The lowest BCUT2D eigenvalue weighted by Gasteiger charge is -2.21. The first-order valence-electron chi connectivity index (χ1n) is 6.02. The van der Waals surface area contributed by atoms with Crippen LogP contribution in [0.5, 0.6) is 0 Å². The van der Waals surface area contributed by atoms with Gasteiger partial charge in [0.2, 0.25) is 0 Å². The zero-order valence-corrected chi connectivity index (χ0v) is 14.1. The predicted octanol–water partition coefficient (Wildman–Crippen LogP) is 5.51. The Balaban J connectivity index is 2.58. The molecule has 0 aliphatic rings. The van der Waals surface area contributed by atoms with Crippen LogP contribution in [0.3, 0.4) is 0 Å². The van der Waals surface area contributed by atoms with Crippen LogP contribution in [0, 0.1) is 12.7 Å². The number of halogens is 4. The van der Waals surface area contributed by atoms with Crippen molar-refractivity contribution in [3.8, 4) is 0 Å². The van der Waals surface area contributed by atoms with E-state index in [1.165, 1.54) is 0 Å². The molecule has 5 heteroatoms. The Morgan fingerprint density at radius 3 is 2.50 bits per heavy atom. The van der Waals surface area contributed by atoms with Gasteiger partial charge in [-0.15, -0.1) is 0 Å². The number of benzene rings is 2. The molecule has 1 nitrogen and oxygen atoms in total. The van der Waals surface area contributed by atoms with Crippen LogP contribution in [0.15, 0.2) is 34.8 Å². The molecular weight excluding hydrogens is 364 g/mol. The average Bonchev–Trinajstić information content (AvgIpc) is 2.43. The Morgan fingerprint density at radius 2 is 1.85 bits per heavy atom. The Hall–Kier alpha value is -0.610. The highest BCUT2D eigenvalue weighted by atomic mass is 79.9. The lowest BCUT2D eigenvalue weighted by molar-refractivity contribution is 0.575. The summed E-state index contributed by atoms with van der Waals surface area (Å²) in [7, 11) is 1.78. The highest BCUT2D eigenvalue weighted by Gasteiger charge is 2.21. The lowest BCUT2D eigenvalue weighted by Crippen LogP contribution is -2.20. The molecule has 0 saturated carbocycles. The van der Waals surface area contributed by atoms with Gasteiger partial charge in [-0.3, -0.25) is 0 Å². The minimum Gasteiger partial charge on any atom is -0.309 e. The fourth-order valence-electron chi connectivity index (χ4n) is 2.16. The van der Waals surface area contributed by atoms with Crippen molar-refractivity contribution in [3.05, 3.63) is 67.4 Å². The van der Waals surface area contributed by atoms with Crippen LogP contribution in [0.2, 0.25) is 10.0 Å². The van der Waals surface area contributed by atoms with E-state index in [1.54, 1.807) is 19.2 Å². The molecule has 0 aromatic heterocycles. The van der Waals surface area contributed by atoms with Crippen molar-refractivity contribution in [1.82, 2.24) is 5.32 Å². The van der Waals surface area contributed by atoms with Crippen LogP contribution < -0.4 is 5.32 Å². The smallest absolute Gasteiger partial charge is 0.148 e. The van der Waals surface area contributed by atoms with Crippen molar-refractivity contribution in [2.24, 2.45) is 0 Å². The molecule has 1 unspecified atom stereocenters. The van der Waals surface area contributed by atoms with Crippen molar-refractivity contribution < 1.29 is 4.39 Å². The summed E-state index contributed by atoms with van der Waals surface area (Å²) in [5.41, 5.74) is 2.45. The second-order valence-electron chi connectivity index (χ2n) is 4.49. The highest BCUT2D eigenvalue weighted by molar-refractivity contribution is 9.10. The largest absolute Gasteiger partial charge is 0.309 e. The van der Waals surface area contributed by atoms with Gasteiger partial charge in [-0.2, -0.15) is 0 Å². The number of hydrogen-bond acceptors (Lipinski definition) is 1. The van der Waals surface area contributed by atoms with E-state index in [0.29, 0.717) is 15.1 Å². The van der Waals surface area contributed by atoms with E-state index in [2.05, 4.69) is 21.2 Å². The molecule has 2 aromatic rings. The second-order valence-corrected chi connectivity index (χ2v) is 6.16. The molecule has 1 atom stereocenters. The van der Waals surface area contributed by atoms with Crippen molar-refractivity contribution >= 4 is 39.1 Å². The van der Waals surface area contributed by atoms with Crippen LogP contribution >= 0.6 is 39.1 Å². The van der Waals surface area contributed by atoms with Crippen LogP contribution in [-0.4, -0.2) is 7.05 Å². The van der Waals surface area contributed by atoms with Crippen LogP contribution in [0.25, 0.3) is 0 Å². The van der Waals surface area contributed by atoms with Crippen LogP contribution in [-0.2, 0) is 0 Å². The van der Waals surface area contributed by atoms with Gasteiger partial charge < -0.3 is 5.32 Å². The quantitative estimate of drug-likeness (QED) is 0.696. The third-order valence-electron chi connectivity index (χ3n) is 3.22. The molecule has 0 radical (unpaired) electrons. The molecule has 0 fully saturated rings. The molecule has 0 spiro atoms. The van der Waals surface area contributed by atoms with E-state index >= 15 is 0 Å². The lowest BCUT2D eigenvalue weighted by atomic mass is 9.95. The van der Waals surface area contributed by atoms with Gasteiger partial charge in [0.1, 0.15) is 5.82 Å².